The van der Waals surface area contributed by atoms with Crippen LogP contribution < -0.4 is 11.1 Å². The number of hydrogen-bond donors (Lipinski definition) is 4. The molecule has 5 N–H and O–H groups in total. The highest BCUT2D eigenvalue weighted by molar-refractivity contribution is 6.25. The summed E-state index contributed by atoms with van der Waals surface area (Å²) in [7, 11) is 0. The number of nitrogens with zero attached hydrogens (tertiary/aromatic N) is 2. The normalized spacial score (nSPS) is 15.3. The maximum absolute atomic E-state index is 13.2. The van der Waals surface area contributed by atoms with Crippen LogP contribution in [-0.4, -0.2) is 33.6 Å². The monoisotopic (exact) mass is 374 g/mol. The fourth-order valence-electron chi connectivity index (χ4n) is 3.69. The van der Waals surface area contributed by atoms with Crippen molar-refractivity contribution >= 4 is 33.1 Å². The van der Waals surface area contributed by atoms with Gasteiger partial charge in [0.1, 0.15) is 5.71 Å². The predicted octanol–water partition coefficient (Wildman–Crippen LogP) is 2.95. The van der Waals surface area contributed by atoms with Crippen LogP contribution in [0.3, 0.4) is 0 Å². The summed E-state index contributed by atoms with van der Waals surface area (Å²) < 4.78 is 39.5. The molecule has 3 aromatic rings. The first-order valence-corrected chi connectivity index (χ1v) is 8.41. The van der Waals surface area contributed by atoms with E-state index < -0.39 is 17.5 Å². The minimum atomic E-state index is -4.80. The van der Waals surface area contributed by atoms with Gasteiger partial charge in [0.15, 0.2) is 0 Å². The summed E-state index contributed by atoms with van der Waals surface area (Å²) in [5.74, 6) is 0. The minimum absolute atomic E-state index is 0.107. The van der Waals surface area contributed by atoms with Gasteiger partial charge in [-0.1, -0.05) is 0 Å². The lowest BCUT2D eigenvalue weighted by Crippen LogP contribution is -2.29. The molecule has 0 bridgehead atoms. The van der Waals surface area contributed by atoms with Gasteiger partial charge in [-0.3, -0.25) is 10.5 Å². The van der Waals surface area contributed by atoms with Crippen LogP contribution in [0.2, 0.25) is 0 Å². The number of allylic oxidation sites excluding steroid dienone is 1. The first kappa shape index (κ1) is 17.5. The third kappa shape index (κ3) is 2.66. The number of nitrogens with two attached hydrogens (primary N) is 1. The Morgan fingerprint density at radius 1 is 1.26 bits per heavy atom. The topological polar surface area (TPSA) is 103 Å². The molecule has 27 heavy (non-hydrogen) atoms. The summed E-state index contributed by atoms with van der Waals surface area (Å²) in [6.07, 6.45) is -3.34. The van der Waals surface area contributed by atoms with Gasteiger partial charge >= 0.3 is 6.18 Å². The standard InChI is InChI=1S/C18H17F3N6/c1-8-14-13(27-26-8)3-2-12-15(14)9-4-5-24-7-11(9)16(25-12)10(6-22)17(23)18(19,20)21/h2-3,6,23-24H,4-5,7,22H2,1H3,(H,26,27)/b10-6-,23-17?. The van der Waals surface area contributed by atoms with E-state index in [1.54, 1.807) is 6.07 Å². The van der Waals surface area contributed by atoms with Crippen molar-refractivity contribution in [3.63, 3.8) is 0 Å². The molecule has 0 spiro atoms. The number of rotatable bonds is 2. The molecular weight excluding hydrogens is 357 g/mol. The zero-order chi connectivity index (χ0) is 19.3. The molecule has 9 heteroatoms. The lowest BCUT2D eigenvalue weighted by Gasteiger charge is -2.24. The summed E-state index contributed by atoms with van der Waals surface area (Å²) in [5, 5.41) is 19.8. The summed E-state index contributed by atoms with van der Waals surface area (Å²) in [5.41, 5.74) is 7.51. The molecule has 4 rings (SSSR count). The third-order valence-electron chi connectivity index (χ3n) is 4.90. The van der Waals surface area contributed by atoms with Gasteiger partial charge in [-0.15, -0.1) is 0 Å². The van der Waals surface area contributed by atoms with Crippen molar-refractivity contribution in [2.45, 2.75) is 26.1 Å². The van der Waals surface area contributed by atoms with Gasteiger partial charge in [0, 0.05) is 29.1 Å². The Labute approximate surface area is 152 Å². The van der Waals surface area contributed by atoms with Gasteiger partial charge in [0.25, 0.3) is 0 Å². The maximum atomic E-state index is 13.2. The van der Waals surface area contributed by atoms with E-state index in [0.717, 1.165) is 33.7 Å². The van der Waals surface area contributed by atoms with Crippen molar-refractivity contribution in [2.75, 3.05) is 6.54 Å². The van der Waals surface area contributed by atoms with E-state index in [0.29, 0.717) is 30.6 Å². The number of alkyl halides is 3. The molecule has 2 aromatic heterocycles. The molecule has 0 amide bonds. The second-order valence-electron chi connectivity index (χ2n) is 6.49. The summed E-state index contributed by atoms with van der Waals surface area (Å²) in [4.78, 5) is 4.49. The van der Waals surface area contributed by atoms with Crippen LogP contribution in [0.25, 0.3) is 27.4 Å². The van der Waals surface area contributed by atoms with Crippen LogP contribution in [0, 0.1) is 12.3 Å². The van der Waals surface area contributed by atoms with Gasteiger partial charge in [-0.2, -0.15) is 18.3 Å². The third-order valence-corrected chi connectivity index (χ3v) is 4.90. The summed E-state index contributed by atoms with van der Waals surface area (Å²) in [6, 6.07) is 3.56. The Morgan fingerprint density at radius 2 is 2.04 bits per heavy atom. The molecule has 3 heterocycles. The van der Waals surface area contributed by atoms with E-state index in [1.165, 1.54) is 0 Å². The zero-order valence-corrected chi connectivity index (χ0v) is 14.5. The number of H-pyrrole nitrogens is 1. The number of aromatic amines is 1. The van der Waals surface area contributed by atoms with E-state index in [9.17, 15) is 13.2 Å². The van der Waals surface area contributed by atoms with Crippen LogP contribution in [0.4, 0.5) is 13.2 Å². The SMILES string of the molecule is Cc1n[nH]c2ccc3nc(/C(=C/N)C(=N)C(F)(F)F)c4c(c3c12)CCNC4. The molecule has 6 nitrogen and oxygen atoms in total. The Hall–Kier alpha value is -2.94. The zero-order valence-electron chi connectivity index (χ0n) is 14.5. The highest BCUT2D eigenvalue weighted by Gasteiger charge is 2.38. The average Bonchev–Trinajstić information content (AvgIpc) is 3.02. The highest BCUT2D eigenvalue weighted by Crippen LogP contribution is 2.36. The van der Waals surface area contributed by atoms with Crippen LogP contribution in [0.15, 0.2) is 18.3 Å². The number of hydrogen-bond acceptors (Lipinski definition) is 5. The summed E-state index contributed by atoms with van der Waals surface area (Å²) >= 11 is 0. The van der Waals surface area contributed by atoms with E-state index in [-0.39, 0.29) is 5.69 Å². The second-order valence-corrected chi connectivity index (χ2v) is 6.49. The first-order valence-electron chi connectivity index (χ1n) is 8.41. The Bertz CT molecular complexity index is 1110. The summed E-state index contributed by atoms with van der Waals surface area (Å²) in [6.45, 7) is 2.95. The number of pyridine rings is 1. The molecule has 0 aliphatic carbocycles. The number of halogens is 3. The predicted molar refractivity (Wildman–Crippen MR) is 97.5 cm³/mol. The molecule has 1 aliphatic heterocycles. The van der Waals surface area contributed by atoms with Crippen molar-refractivity contribution < 1.29 is 13.2 Å². The van der Waals surface area contributed by atoms with Crippen LogP contribution in [0.1, 0.15) is 22.5 Å². The number of fused-ring (bicyclic) bond motifs is 5. The van der Waals surface area contributed by atoms with E-state index >= 15 is 0 Å². The molecule has 0 saturated heterocycles. The Kier molecular flexibility index (Phi) is 3.92. The molecule has 0 saturated carbocycles. The van der Waals surface area contributed by atoms with Crippen molar-refractivity contribution in [3.8, 4) is 0 Å². The molecule has 0 unspecified atom stereocenters. The second kappa shape index (κ2) is 6.05. The van der Waals surface area contributed by atoms with Gasteiger partial charge in [0.05, 0.1) is 22.4 Å². The average molecular weight is 374 g/mol. The van der Waals surface area contributed by atoms with Crippen LogP contribution >= 0.6 is 0 Å². The molecule has 140 valence electrons. The fraction of sp³-hybridized carbons (Fsp3) is 0.278. The van der Waals surface area contributed by atoms with Crippen molar-refractivity contribution in [1.82, 2.24) is 20.5 Å². The van der Waals surface area contributed by atoms with Gasteiger partial charge < -0.3 is 11.1 Å². The highest BCUT2D eigenvalue weighted by atomic mass is 19.4. The lowest BCUT2D eigenvalue weighted by molar-refractivity contribution is -0.0578. The van der Waals surface area contributed by atoms with Crippen molar-refractivity contribution in [2.24, 2.45) is 5.73 Å². The van der Waals surface area contributed by atoms with Crippen LogP contribution in [0.5, 0.6) is 0 Å². The molecule has 1 aromatic carbocycles. The van der Waals surface area contributed by atoms with Crippen molar-refractivity contribution in [1.29, 1.82) is 5.41 Å². The minimum Gasteiger partial charge on any atom is -0.404 e. The van der Waals surface area contributed by atoms with Gasteiger partial charge in [0.2, 0.25) is 0 Å². The molecule has 0 radical (unpaired) electrons. The van der Waals surface area contributed by atoms with Gasteiger partial charge in [-0.25, -0.2) is 4.98 Å². The Balaban J connectivity index is 2.08. The van der Waals surface area contributed by atoms with E-state index in [1.807, 2.05) is 13.0 Å². The molecular formula is C18H17F3N6. The quantitative estimate of drug-likeness (QED) is 0.518. The first-order chi connectivity index (χ1) is 12.8. The number of aromatic nitrogens is 3. The Morgan fingerprint density at radius 3 is 2.74 bits per heavy atom. The molecule has 1 aliphatic rings. The molecule has 0 atom stereocenters. The number of benzene rings is 1. The fourth-order valence-corrected chi connectivity index (χ4v) is 3.69. The largest absolute Gasteiger partial charge is 0.433 e. The lowest BCUT2D eigenvalue weighted by atomic mass is 9.90. The number of aryl methyl sites for hydroxylation is 1. The van der Waals surface area contributed by atoms with Crippen molar-refractivity contribution in [3.05, 3.63) is 40.8 Å². The smallest absolute Gasteiger partial charge is 0.404 e. The van der Waals surface area contributed by atoms with Crippen LogP contribution in [-0.2, 0) is 13.0 Å². The number of nitrogens with one attached hydrogen (secondary N) is 3. The van der Waals surface area contributed by atoms with E-state index in [4.69, 9.17) is 11.1 Å². The molecule has 0 fully saturated rings. The van der Waals surface area contributed by atoms with Gasteiger partial charge in [-0.05, 0) is 43.1 Å². The maximum Gasteiger partial charge on any atom is 0.433 e. The van der Waals surface area contributed by atoms with E-state index in [2.05, 4.69) is 20.5 Å².